The van der Waals surface area contributed by atoms with E-state index in [-0.39, 0.29) is 11.6 Å². The van der Waals surface area contributed by atoms with Crippen LogP contribution in [0.4, 0.5) is 33.7 Å². The van der Waals surface area contributed by atoms with Gasteiger partial charge in [0.05, 0.1) is 11.3 Å². The van der Waals surface area contributed by atoms with E-state index in [1.165, 1.54) is 21.9 Å². The lowest BCUT2D eigenvalue weighted by Crippen LogP contribution is -2.48. The minimum atomic E-state index is -4.98. The number of nitrogens with one attached hydrogen (secondary N) is 4. The number of hydrogen-bond acceptors (Lipinski definition) is 5. The maximum atomic E-state index is 13.7. The van der Waals surface area contributed by atoms with E-state index in [9.17, 15) is 27.2 Å². The van der Waals surface area contributed by atoms with Crippen molar-refractivity contribution in [2.75, 3.05) is 24.7 Å². The van der Waals surface area contributed by atoms with Crippen LogP contribution in [0.2, 0.25) is 0 Å². The Morgan fingerprint density at radius 2 is 1.65 bits per heavy atom. The van der Waals surface area contributed by atoms with Gasteiger partial charge in [-0.15, -0.1) is 0 Å². The van der Waals surface area contributed by atoms with Crippen LogP contribution in [0.15, 0.2) is 48.7 Å². The number of amides is 3. The Morgan fingerprint density at radius 3 is 2.24 bits per heavy atom. The first kappa shape index (κ1) is 24.7. The standard InChI is InChI=1S/C21H21F4N7O2/c1-26-32(27-2)19(33)14-11-31(3)30-18(14)12-7-9-13(10-8-12)28-20(34)29-16-6-4-5-15(22)17(16)21(23,24)25/h4-11,26-27H,1-3H3,(H2,28,29,34). The minimum Gasteiger partial charge on any atom is -0.308 e. The Balaban J connectivity index is 1.78. The smallest absolute Gasteiger partial charge is 0.308 e. The van der Waals surface area contributed by atoms with Crippen LogP contribution in [0.5, 0.6) is 0 Å². The Kier molecular flexibility index (Phi) is 7.17. The van der Waals surface area contributed by atoms with E-state index in [1.54, 1.807) is 39.5 Å². The topological polar surface area (TPSA) is 103 Å². The van der Waals surface area contributed by atoms with Crippen LogP contribution in [0.3, 0.4) is 0 Å². The van der Waals surface area contributed by atoms with Crippen LogP contribution >= 0.6 is 0 Å². The monoisotopic (exact) mass is 479 g/mol. The van der Waals surface area contributed by atoms with Gasteiger partial charge in [0.25, 0.3) is 5.91 Å². The summed E-state index contributed by atoms with van der Waals surface area (Å²) in [5.41, 5.74) is 4.61. The van der Waals surface area contributed by atoms with E-state index in [2.05, 4.69) is 21.3 Å². The Hall–Kier alpha value is -3.97. The average molecular weight is 479 g/mol. The van der Waals surface area contributed by atoms with Gasteiger partial charge in [0, 0.05) is 38.6 Å². The van der Waals surface area contributed by atoms with Crippen LogP contribution in [0.1, 0.15) is 15.9 Å². The van der Waals surface area contributed by atoms with Gasteiger partial charge in [0.15, 0.2) is 0 Å². The summed E-state index contributed by atoms with van der Waals surface area (Å²) in [5.74, 6) is -1.88. The highest BCUT2D eigenvalue weighted by Gasteiger charge is 2.37. The fourth-order valence-electron chi connectivity index (χ4n) is 3.21. The Morgan fingerprint density at radius 1 is 1.00 bits per heavy atom. The molecule has 2 aromatic carbocycles. The summed E-state index contributed by atoms with van der Waals surface area (Å²) >= 11 is 0. The molecule has 0 bridgehead atoms. The molecule has 0 aliphatic rings. The van der Waals surface area contributed by atoms with Crippen LogP contribution in [-0.4, -0.2) is 40.9 Å². The second-order valence-electron chi connectivity index (χ2n) is 6.97. The molecule has 0 aliphatic heterocycles. The molecule has 1 heterocycles. The highest BCUT2D eigenvalue weighted by atomic mass is 19.4. The van der Waals surface area contributed by atoms with Crippen molar-refractivity contribution >= 4 is 23.3 Å². The van der Waals surface area contributed by atoms with E-state index in [0.717, 1.165) is 12.1 Å². The van der Waals surface area contributed by atoms with Gasteiger partial charge < -0.3 is 10.6 Å². The molecular formula is C21H21F4N7O2. The number of urea groups is 1. The largest absolute Gasteiger partial charge is 0.421 e. The third-order valence-electron chi connectivity index (χ3n) is 4.67. The maximum absolute atomic E-state index is 13.7. The van der Waals surface area contributed by atoms with Gasteiger partial charge in [-0.25, -0.2) is 25.2 Å². The van der Waals surface area contributed by atoms with E-state index in [4.69, 9.17) is 0 Å². The van der Waals surface area contributed by atoms with Crippen molar-refractivity contribution in [3.63, 3.8) is 0 Å². The molecule has 0 atom stereocenters. The fraction of sp³-hybridized carbons (Fsp3) is 0.190. The molecule has 0 aliphatic carbocycles. The van der Waals surface area contributed by atoms with Crippen molar-refractivity contribution in [3.8, 4) is 11.3 Å². The SMILES string of the molecule is CNN(NC)C(=O)c1cn(C)nc1-c1ccc(NC(=O)Nc2cccc(F)c2C(F)(F)F)cc1. The van der Waals surface area contributed by atoms with Crippen molar-refractivity contribution in [1.82, 2.24) is 25.7 Å². The zero-order chi connectivity index (χ0) is 25.0. The molecular weight excluding hydrogens is 458 g/mol. The lowest BCUT2D eigenvalue weighted by Gasteiger charge is -2.19. The molecule has 4 N–H and O–H groups in total. The molecule has 0 saturated carbocycles. The van der Waals surface area contributed by atoms with E-state index in [0.29, 0.717) is 22.9 Å². The number of rotatable bonds is 6. The maximum Gasteiger partial charge on any atom is 0.421 e. The van der Waals surface area contributed by atoms with Crippen LogP contribution in [0.25, 0.3) is 11.3 Å². The molecule has 1 aromatic heterocycles. The van der Waals surface area contributed by atoms with Gasteiger partial charge in [-0.3, -0.25) is 9.48 Å². The highest BCUT2D eigenvalue weighted by Crippen LogP contribution is 2.36. The Bertz CT molecular complexity index is 1190. The molecule has 0 radical (unpaired) electrons. The first-order valence-corrected chi connectivity index (χ1v) is 9.82. The molecule has 3 aromatic rings. The second kappa shape index (κ2) is 9.89. The molecule has 3 rings (SSSR count). The van der Waals surface area contributed by atoms with Gasteiger partial charge >= 0.3 is 12.2 Å². The summed E-state index contributed by atoms with van der Waals surface area (Å²) in [7, 11) is 4.79. The number of alkyl halides is 3. The normalized spacial score (nSPS) is 11.3. The zero-order valence-electron chi connectivity index (χ0n) is 18.3. The highest BCUT2D eigenvalue weighted by molar-refractivity contribution is 6.01. The molecule has 0 spiro atoms. The van der Waals surface area contributed by atoms with Crippen molar-refractivity contribution in [3.05, 3.63) is 65.6 Å². The van der Waals surface area contributed by atoms with Gasteiger partial charge in [-0.2, -0.15) is 18.3 Å². The van der Waals surface area contributed by atoms with Crippen LogP contribution in [-0.2, 0) is 13.2 Å². The van der Waals surface area contributed by atoms with Crippen LogP contribution < -0.4 is 21.5 Å². The van der Waals surface area contributed by atoms with Gasteiger partial charge in [0.2, 0.25) is 0 Å². The number of halogens is 4. The summed E-state index contributed by atoms with van der Waals surface area (Å²) in [6.07, 6.45) is -3.43. The predicted molar refractivity (Wildman–Crippen MR) is 117 cm³/mol. The number of aromatic nitrogens is 2. The number of carbonyl (C=O) groups is 2. The lowest BCUT2D eigenvalue weighted by atomic mass is 10.1. The van der Waals surface area contributed by atoms with E-state index in [1.807, 2.05) is 5.32 Å². The number of hydrogen-bond donors (Lipinski definition) is 4. The Labute approximate surface area is 191 Å². The molecule has 180 valence electrons. The number of hydrazine groups is 2. The van der Waals surface area contributed by atoms with Crippen LogP contribution in [0, 0.1) is 5.82 Å². The van der Waals surface area contributed by atoms with Crippen molar-refractivity contribution in [2.24, 2.45) is 7.05 Å². The van der Waals surface area contributed by atoms with E-state index < -0.39 is 29.3 Å². The minimum absolute atomic E-state index is 0.252. The van der Waals surface area contributed by atoms with Crippen molar-refractivity contribution in [1.29, 1.82) is 0 Å². The number of nitrogens with zero attached hydrogens (tertiary/aromatic N) is 3. The molecule has 9 nitrogen and oxygen atoms in total. The molecule has 3 amide bonds. The molecule has 0 fully saturated rings. The third kappa shape index (κ3) is 5.32. The first-order valence-electron chi connectivity index (χ1n) is 9.82. The molecule has 13 heteroatoms. The van der Waals surface area contributed by atoms with Crippen molar-refractivity contribution < 1.29 is 27.2 Å². The number of carbonyl (C=O) groups excluding carboxylic acids is 2. The second-order valence-corrected chi connectivity index (χ2v) is 6.97. The summed E-state index contributed by atoms with van der Waals surface area (Å²) in [6, 6.07) is 7.83. The molecule has 0 unspecified atom stereocenters. The zero-order valence-corrected chi connectivity index (χ0v) is 18.3. The first-order chi connectivity index (χ1) is 16.0. The third-order valence-corrected chi connectivity index (χ3v) is 4.67. The number of anilines is 2. The van der Waals surface area contributed by atoms with Gasteiger partial charge in [-0.05, 0) is 24.3 Å². The van der Waals surface area contributed by atoms with Gasteiger partial charge in [-0.1, -0.05) is 18.2 Å². The molecule has 34 heavy (non-hydrogen) atoms. The number of aryl methyl sites for hydroxylation is 1. The summed E-state index contributed by atoms with van der Waals surface area (Å²) in [5, 5.41) is 9.88. The lowest BCUT2D eigenvalue weighted by molar-refractivity contribution is -0.139. The van der Waals surface area contributed by atoms with Gasteiger partial charge in [0.1, 0.15) is 17.1 Å². The summed E-state index contributed by atoms with van der Waals surface area (Å²) in [4.78, 5) is 24.9. The quantitative estimate of drug-likeness (QED) is 0.320. The molecule has 0 saturated heterocycles. The number of benzene rings is 2. The fourth-order valence-corrected chi connectivity index (χ4v) is 3.21. The van der Waals surface area contributed by atoms with Crippen molar-refractivity contribution in [2.45, 2.75) is 6.18 Å². The predicted octanol–water partition coefficient (Wildman–Crippen LogP) is 3.60. The summed E-state index contributed by atoms with van der Waals surface area (Å²) < 4.78 is 54.5. The summed E-state index contributed by atoms with van der Waals surface area (Å²) in [6.45, 7) is 0. The van der Waals surface area contributed by atoms with E-state index >= 15 is 0 Å². The average Bonchev–Trinajstić information content (AvgIpc) is 3.15.